The molecule has 0 aliphatic carbocycles. The molecule has 0 bridgehead atoms. The van der Waals surface area contributed by atoms with Crippen LogP contribution in [0.25, 0.3) is 22.9 Å². The van der Waals surface area contributed by atoms with Crippen LogP contribution in [0.4, 0.5) is 0 Å². The molecule has 0 amide bonds. The predicted molar refractivity (Wildman–Crippen MR) is 76.3 cm³/mol. The van der Waals surface area contributed by atoms with Gasteiger partial charge in [-0.15, -0.1) is 0 Å². The Labute approximate surface area is 112 Å². The Bertz CT molecular complexity index is 601. The van der Waals surface area contributed by atoms with Crippen molar-refractivity contribution >= 4 is 11.5 Å². The number of benzene rings is 1. The molecule has 98 valence electrons. The second-order valence-electron chi connectivity index (χ2n) is 4.04. The van der Waals surface area contributed by atoms with Gasteiger partial charge < -0.3 is 14.8 Å². The van der Waals surface area contributed by atoms with Crippen LogP contribution in [0.3, 0.4) is 0 Å². The maximum absolute atomic E-state index is 9.59. The maximum atomic E-state index is 9.59. The standard InChI is InChI=1S/C15H16N2O2/c1-4-19-11(3)13-7-12(10(2)18)8-14(9-13)15-16-5-6-17-15/h5-9,18H,2-4H2,1H3,(H,16,17). The second-order valence-corrected chi connectivity index (χ2v) is 4.04. The quantitative estimate of drug-likeness (QED) is 0.803. The van der Waals surface area contributed by atoms with Crippen LogP contribution in [-0.2, 0) is 4.74 Å². The molecule has 1 aromatic heterocycles. The first-order chi connectivity index (χ1) is 9.11. The van der Waals surface area contributed by atoms with E-state index in [9.17, 15) is 5.11 Å². The molecule has 2 N–H and O–H groups in total. The zero-order valence-corrected chi connectivity index (χ0v) is 10.8. The van der Waals surface area contributed by atoms with E-state index in [0.717, 1.165) is 11.1 Å². The van der Waals surface area contributed by atoms with E-state index in [1.165, 1.54) is 0 Å². The molecule has 4 nitrogen and oxygen atoms in total. The molecule has 0 radical (unpaired) electrons. The summed E-state index contributed by atoms with van der Waals surface area (Å²) in [6.07, 6.45) is 3.42. The van der Waals surface area contributed by atoms with E-state index in [1.807, 2.05) is 19.1 Å². The SMILES string of the molecule is C=C(O)c1cc(C(=C)OCC)cc(-c2ncc[nH]2)c1. The van der Waals surface area contributed by atoms with Crippen molar-refractivity contribution in [1.82, 2.24) is 9.97 Å². The van der Waals surface area contributed by atoms with E-state index in [-0.39, 0.29) is 5.76 Å². The molecule has 19 heavy (non-hydrogen) atoms. The summed E-state index contributed by atoms with van der Waals surface area (Å²) in [4.78, 5) is 7.22. The Hall–Kier alpha value is -2.49. The van der Waals surface area contributed by atoms with E-state index >= 15 is 0 Å². The lowest BCUT2D eigenvalue weighted by Gasteiger charge is -2.10. The van der Waals surface area contributed by atoms with Crippen LogP contribution in [0.2, 0.25) is 0 Å². The molecule has 1 heterocycles. The molecule has 2 rings (SSSR count). The Balaban J connectivity index is 2.50. The number of nitrogens with one attached hydrogen (secondary N) is 1. The minimum Gasteiger partial charge on any atom is -0.508 e. The third kappa shape index (κ3) is 2.85. The fourth-order valence-corrected chi connectivity index (χ4v) is 1.77. The highest BCUT2D eigenvalue weighted by atomic mass is 16.5. The lowest BCUT2D eigenvalue weighted by Crippen LogP contribution is -1.94. The van der Waals surface area contributed by atoms with Crippen LogP contribution in [0.5, 0.6) is 0 Å². The van der Waals surface area contributed by atoms with Gasteiger partial charge in [-0.1, -0.05) is 13.2 Å². The van der Waals surface area contributed by atoms with E-state index < -0.39 is 0 Å². The first-order valence-corrected chi connectivity index (χ1v) is 5.97. The fraction of sp³-hybridized carbons (Fsp3) is 0.133. The van der Waals surface area contributed by atoms with Crippen molar-refractivity contribution in [2.75, 3.05) is 6.61 Å². The minimum atomic E-state index is -0.000968. The molecule has 0 aliphatic heterocycles. The molecule has 0 atom stereocenters. The third-order valence-electron chi connectivity index (χ3n) is 2.68. The number of aromatic nitrogens is 2. The molecular weight excluding hydrogens is 240 g/mol. The molecule has 1 aromatic carbocycles. The summed E-state index contributed by atoms with van der Waals surface area (Å²) in [5.41, 5.74) is 2.25. The van der Waals surface area contributed by atoms with Crippen LogP contribution >= 0.6 is 0 Å². The Kier molecular flexibility index (Phi) is 3.71. The van der Waals surface area contributed by atoms with Gasteiger partial charge in [0.15, 0.2) is 0 Å². The zero-order chi connectivity index (χ0) is 13.8. The van der Waals surface area contributed by atoms with Crippen LogP contribution in [0.1, 0.15) is 18.1 Å². The van der Waals surface area contributed by atoms with Crippen LogP contribution in [0.15, 0.2) is 43.8 Å². The largest absolute Gasteiger partial charge is 0.508 e. The lowest BCUT2D eigenvalue weighted by atomic mass is 10.0. The van der Waals surface area contributed by atoms with Gasteiger partial charge in [0.1, 0.15) is 17.3 Å². The average Bonchev–Trinajstić information content (AvgIpc) is 2.92. The lowest BCUT2D eigenvalue weighted by molar-refractivity contribution is 0.299. The van der Waals surface area contributed by atoms with E-state index in [0.29, 0.717) is 23.8 Å². The summed E-state index contributed by atoms with van der Waals surface area (Å²) in [5.74, 6) is 1.27. The summed E-state index contributed by atoms with van der Waals surface area (Å²) in [6.45, 7) is 9.86. The van der Waals surface area contributed by atoms with E-state index in [2.05, 4.69) is 23.1 Å². The number of H-pyrrole nitrogens is 1. The summed E-state index contributed by atoms with van der Waals surface area (Å²) in [7, 11) is 0. The van der Waals surface area contributed by atoms with Gasteiger partial charge in [-0.2, -0.15) is 0 Å². The number of ether oxygens (including phenoxy) is 1. The van der Waals surface area contributed by atoms with Gasteiger partial charge in [-0.05, 0) is 25.1 Å². The average molecular weight is 256 g/mol. The normalized spacial score (nSPS) is 10.2. The smallest absolute Gasteiger partial charge is 0.137 e. The third-order valence-corrected chi connectivity index (χ3v) is 2.68. The number of aliphatic hydroxyl groups excluding tert-OH is 1. The number of aromatic amines is 1. The molecule has 0 saturated carbocycles. The summed E-state index contributed by atoms with van der Waals surface area (Å²) in [6, 6.07) is 5.50. The molecule has 0 unspecified atom stereocenters. The number of aliphatic hydroxyl groups is 1. The van der Waals surface area contributed by atoms with Gasteiger partial charge in [0, 0.05) is 29.1 Å². The van der Waals surface area contributed by atoms with Crippen molar-refractivity contribution in [3.05, 3.63) is 54.9 Å². The van der Waals surface area contributed by atoms with Crippen molar-refractivity contribution in [3.63, 3.8) is 0 Å². The minimum absolute atomic E-state index is 0.000968. The summed E-state index contributed by atoms with van der Waals surface area (Å²) < 4.78 is 5.40. The van der Waals surface area contributed by atoms with E-state index in [4.69, 9.17) is 4.74 Å². The van der Waals surface area contributed by atoms with Crippen LogP contribution in [0, 0.1) is 0 Å². The van der Waals surface area contributed by atoms with Gasteiger partial charge in [0.05, 0.1) is 6.61 Å². The maximum Gasteiger partial charge on any atom is 0.137 e. The predicted octanol–water partition coefficient (Wildman–Crippen LogP) is 3.61. The van der Waals surface area contributed by atoms with Crippen molar-refractivity contribution in [1.29, 1.82) is 0 Å². The summed E-state index contributed by atoms with van der Waals surface area (Å²) in [5, 5.41) is 9.59. The van der Waals surface area contributed by atoms with Gasteiger partial charge >= 0.3 is 0 Å². The first kappa shape index (κ1) is 13.0. The molecule has 0 aliphatic rings. The first-order valence-electron chi connectivity index (χ1n) is 5.97. The molecular formula is C15H16N2O2. The van der Waals surface area contributed by atoms with Gasteiger partial charge in [0.25, 0.3) is 0 Å². The number of nitrogens with zero attached hydrogens (tertiary/aromatic N) is 1. The number of hydrogen-bond donors (Lipinski definition) is 2. The van der Waals surface area contributed by atoms with Crippen LogP contribution < -0.4 is 0 Å². The topological polar surface area (TPSA) is 58.1 Å². The van der Waals surface area contributed by atoms with Crippen molar-refractivity contribution < 1.29 is 9.84 Å². The highest BCUT2D eigenvalue weighted by Gasteiger charge is 2.09. The summed E-state index contributed by atoms with van der Waals surface area (Å²) >= 11 is 0. The molecule has 4 heteroatoms. The Morgan fingerprint density at radius 1 is 1.32 bits per heavy atom. The molecule has 0 saturated heterocycles. The van der Waals surface area contributed by atoms with Crippen molar-refractivity contribution in [3.8, 4) is 11.4 Å². The molecule has 0 fully saturated rings. The second kappa shape index (κ2) is 5.44. The number of imidazole rings is 1. The monoisotopic (exact) mass is 256 g/mol. The Morgan fingerprint density at radius 3 is 2.63 bits per heavy atom. The molecule has 0 spiro atoms. The van der Waals surface area contributed by atoms with E-state index in [1.54, 1.807) is 18.5 Å². The van der Waals surface area contributed by atoms with Gasteiger partial charge in [-0.3, -0.25) is 0 Å². The highest BCUT2D eigenvalue weighted by Crippen LogP contribution is 2.26. The van der Waals surface area contributed by atoms with Crippen molar-refractivity contribution in [2.45, 2.75) is 6.92 Å². The van der Waals surface area contributed by atoms with Gasteiger partial charge in [0.2, 0.25) is 0 Å². The molecule has 2 aromatic rings. The number of rotatable bonds is 5. The highest BCUT2D eigenvalue weighted by molar-refractivity contribution is 5.72. The van der Waals surface area contributed by atoms with Crippen LogP contribution in [-0.4, -0.2) is 21.7 Å². The Morgan fingerprint density at radius 2 is 2.05 bits per heavy atom. The number of hydrogen-bond acceptors (Lipinski definition) is 3. The van der Waals surface area contributed by atoms with Crippen molar-refractivity contribution in [2.24, 2.45) is 0 Å². The van der Waals surface area contributed by atoms with Gasteiger partial charge in [-0.25, -0.2) is 4.98 Å². The zero-order valence-electron chi connectivity index (χ0n) is 10.8. The fourth-order valence-electron chi connectivity index (χ4n) is 1.77.